The lowest BCUT2D eigenvalue weighted by molar-refractivity contribution is 0.389. The lowest BCUT2D eigenvalue weighted by atomic mass is 10.3. The molecule has 0 radical (unpaired) electrons. The number of anilines is 1. The molecule has 0 aromatic heterocycles. The van der Waals surface area contributed by atoms with E-state index in [1.54, 1.807) is 0 Å². The van der Waals surface area contributed by atoms with Gasteiger partial charge in [-0.05, 0) is 30.7 Å². The van der Waals surface area contributed by atoms with Crippen molar-refractivity contribution in [1.29, 1.82) is 0 Å². The van der Waals surface area contributed by atoms with Crippen molar-refractivity contribution in [3.8, 4) is 0 Å². The van der Waals surface area contributed by atoms with Crippen LogP contribution >= 0.6 is 0 Å². The molecule has 0 bridgehead atoms. The van der Waals surface area contributed by atoms with E-state index >= 15 is 0 Å². The monoisotopic (exact) mass is 215 g/mol. The van der Waals surface area contributed by atoms with Gasteiger partial charge in [0.25, 0.3) is 0 Å². The van der Waals surface area contributed by atoms with Crippen molar-refractivity contribution in [2.24, 2.45) is 0 Å². The summed E-state index contributed by atoms with van der Waals surface area (Å²) in [4.78, 5) is 0.290. The zero-order valence-corrected chi connectivity index (χ0v) is 8.71. The average molecular weight is 215 g/mol. The molecule has 0 aliphatic rings. The van der Waals surface area contributed by atoms with E-state index in [9.17, 15) is 8.42 Å². The fourth-order valence-electron chi connectivity index (χ4n) is 1.12. The fraction of sp³-hybridized carbons (Fsp3) is 0.333. The van der Waals surface area contributed by atoms with Crippen LogP contribution in [-0.4, -0.2) is 19.4 Å². The molecule has 0 heterocycles. The molecule has 0 atom stereocenters. The minimum Gasteiger partial charge on any atom is -0.291 e. The normalized spacial score (nSPS) is 11.3. The molecule has 5 heteroatoms. The highest BCUT2D eigenvalue weighted by atomic mass is 32.2. The highest BCUT2D eigenvalue weighted by molar-refractivity contribution is 7.91. The van der Waals surface area contributed by atoms with Crippen LogP contribution in [0.3, 0.4) is 0 Å². The van der Waals surface area contributed by atoms with Crippen molar-refractivity contribution in [3.05, 3.63) is 24.3 Å². The highest BCUT2D eigenvalue weighted by Crippen LogP contribution is 2.15. The minimum absolute atomic E-state index is 0.152. The number of nitrogens with one attached hydrogen (secondary N) is 1. The van der Waals surface area contributed by atoms with Crippen molar-refractivity contribution in [1.82, 2.24) is 0 Å². The molecule has 1 aromatic rings. The Morgan fingerprint density at radius 3 is 2.29 bits per heavy atom. The zero-order chi connectivity index (χ0) is 10.6. The first-order chi connectivity index (χ1) is 6.60. The van der Waals surface area contributed by atoms with Crippen LogP contribution in [0.25, 0.3) is 0 Å². The van der Waals surface area contributed by atoms with Crippen LogP contribution in [0.2, 0.25) is 0 Å². The number of hydrogen-bond acceptors (Lipinski definition) is 4. The molecule has 0 saturated heterocycles. The van der Waals surface area contributed by atoms with Crippen molar-refractivity contribution in [3.63, 3.8) is 0 Å². The molecule has 0 saturated carbocycles. The molecule has 4 nitrogen and oxygen atoms in total. The van der Waals surface area contributed by atoms with Gasteiger partial charge >= 0.3 is 0 Å². The predicted octanol–water partition coefficient (Wildman–Crippen LogP) is 1.67. The van der Waals surface area contributed by atoms with Gasteiger partial charge in [-0.2, -0.15) is 0 Å². The third kappa shape index (κ3) is 2.46. The smallest absolute Gasteiger partial charge is 0.178 e. The Labute approximate surface area is 83.4 Å². The van der Waals surface area contributed by atoms with Crippen LogP contribution in [-0.2, 0) is 9.84 Å². The second-order valence-electron chi connectivity index (χ2n) is 2.96. The average Bonchev–Trinajstić information content (AvgIpc) is 2.18. The zero-order valence-electron chi connectivity index (χ0n) is 7.90. The molecule has 0 aliphatic heterocycles. The number of hydrogen-bond donors (Lipinski definition) is 2. The summed E-state index contributed by atoms with van der Waals surface area (Å²) in [6.07, 6.45) is 0.600. The standard InChI is InChI=1S/C9H13NO3S/c1-2-7-14(12,13)9-5-3-8(10-11)4-6-9/h3-6,10-11H,2,7H2,1H3. The SMILES string of the molecule is CCCS(=O)(=O)c1ccc(NO)cc1. The maximum Gasteiger partial charge on any atom is 0.178 e. The first-order valence-electron chi connectivity index (χ1n) is 4.33. The van der Waals surface area contributed by atoms with Gasteiger partial charge in [-0.1, -0.05) is 6.92 Å². The predicted molar refractivity (Wildman–Crippen MR) is 54.2 cm³/mol. The largest absolute Gasteiger partial charge is 0.291 e. The van der Waals surface area contributed by atoms with E-state index in [0.717, 1.165) is 0 Å². The lowest BCUT2D eigenvalue weighted by Crippen LogP contribution is -2.05. The molecule has 14 heavy (non-hydrogen) atoms. The van der Waals surface area contributed by atoms with Crippen LogP contribution in [0.15, 0.2) is 29.2 Å². The van der Waals surface area contributed by atoms with Gasteiger partial charge in [0.2, 0.25) is 0 Å². The maximum atomic E-state index is 11.5. The second kappa shape index (κ2) is 4.43. The number of sulfone groups is 1. The first kappa shape index (κ1) is 11.0. The third-order valence-electron chi connectivity index (χ3n) is 1.82. The van der Waals surface area contributed by atoms with E-state index in [2.05, 4.69) is 0 Å². The van der Waals surface area contributed by atoms with Crippen LogP contribution in [0, 0.1) is 0 Å². The van der Waals surface area contributed by atoms with E-state index < -0.39 is 9.84 Å². The summed E-state index contributed by atoms with van der Waals surface area (Å²) in [5, 5.41) is 8.54. The van der Waals surface area contributed by atoms with Gasteiger partial charge < -0.3 is 0 Å². The van der Waals surface area contributed by atoms with Gasteiger partial charge in [-0.15, -0.1) is 0 Å². The summed E-state index contributed by atoms with van der Waals surface area (Å²) in [6.45, 7) is 1.82. The molecule has 0 fully saturated rings. The third-order valence-corrected chi connectivity index (χ3v) is 3.75. The highest BCUT2D eigenvalue weighted by Gasteiger charge is 2.12. The Morgan fingerprint density at radius 2 is 1.86 bits per heavy atom. The molecule has 0 spiro atoms. The minimum atomic E-state index is -3.14. The lowest BCUT2D eigenvalue weighted by Gasteiger charge is -2.03. The van der Waals surface area contributed by atoms with Gasteiger partial charge in [-0.25, -0.2) is 8.42 Å². The molecular weight excluding hydrogens is 202 g/mol. The van der Waals surface area contributed by atoms with E-state index in [-0.39, 0.29) is 5.75 Å². The van der Waals surface area contributed by atoms with E-state index in [0.29, 0.717) is 17.0 Å². The van der Waals surface area contributed by atoms with Crippen LogP contribution in [0.1, 0.15) is 13.3 Å². The maximum absolute atomic E-state index is 11.5. The van der Waals surface area contributed by atoms with Gasteiger partial charge in [0.05, 0.1) is 16.3 Å². The van der Waals surface area contributed by atoms with Gasteiger partial charge in [0, 0.05) is 0 Å². The second-order valence-corrected chi connectivity index (χ2v) is 5.06. The summed E-state index contributed by atoms with van der Waals surface area (Å²) in [6, 6.07) is 5.98. The van der Waals surface area contributed by atoms with Crippen LogP contribution < -0.4 is 5.48 Å². The van der Waals surface area contributed by atoms with E-state index in [1.807, 2.05) is 12.4 Å². The van der Waals surface area contributed by atoms with Crippen LogP contribution in [0.4, 0.5) is 5.69 Å². The van der Waals surface area contributed by atoms with Gasteiger partial charge in [0.1, 0.15) is 0 Å². The van der Waals surface area contributed by atoms with Crippen molar-refractivity contribution >= 4 is 15.5 Å². The van der Waals surface area contributed by atoms with Crippen molar-refractivity contribution in [2.75, 3.05) is 11.2 Å². The Hall–Kier alpha value is -1.07. The molecule has 1 rings (SSSR count). The van der Waals surface area contributed by atoms with Gasteiger partial charge in [-0.3, -0.25) is 10.7 Å². The summed E-state index contributed by atoms with van der Waals surface area (Å²) in [5.41, 5.74) is 2.42. The van der Waals surface area contributed by atoms with Gasteiger partial charge in [0.15, 0.2) is 9.84 Å². The summed E-state index contributed by atoms with van der Waals surface area (Å²) < 4.78 is 23.1. The molecule has 0 amide bonds. The molecule has 0 unspecified atom stereocenters. The van der Waals surface area contributed by atoms with E-state index in [1.165, 1.54) is 24.3 Å². The molecule has 2 N–H and O–H groups in total. The van der Waals surface area contributed by atoms with Crippen molar-refractivity contribution in [2.45, 2.75) is 18.2 Å². The first-order valence-corrected chi connectivity index (χ1v) is 5.98. The summed E-state index contributed by atoms with van der Waals surface area (Å²) >= 11 is 0. The summed E-state index contributed by atoms with van der Waals surface area (Å²) in [7, 11) is -3.14. The Morgan fingerprint density at radius 1 is 1.29 bits per heavy atom. The van der Waals surface area contributed by atoms with E-state index in [4.69, 9.17) is 5.21 Å². The molecular formula is C9H13NO3S. The topological polar surface area (TPSA) is 66.4 Å². The number of benzene rings is 1. The Bertz CT molecular complexity index is 383. The quantitative estimate of drug-likeness (QED) is 0.750. The Balaban J connectivity index is 2.97. The Kier molecular flexibility index (Phi) is 3.49. The van der Waals surface area contributed by atoms with Crippen molar-refractivity contribution < 1.29 is 13.6 Å². The van der Waals surface area contributed by atoms with Crippen LogP contribution in [0.5, 0.6) is 0 Å². The molecule has 78 valence electrons. The molecule has 1 aromatic carbocycles. The molecule has 0 aliphatic carbocycles. The number of rotatable bonds is 4. The summed E-state index contributed by atoms with van der Waals surface area (Å²) in [5.74, 6) is 0.152. The fourth-order valence-corrected chi connectivity index (χ4v) is 2.45.